The molecule has 0 aliphatic heterocycles. The molecule has 0 bridgehead atoms. The van der Waals surface area contributed by atoms with Crippen LogP contribution in [-0.2, 0) is 6.42 Å². The lowest BCUT2D eigenvalue weighted by molar-refractivity contribution is 0.591. The van der Waals surface area contributed by atoms with Gasteiger partial charge >= 0.3 is 0 Å². The van der Waals surface area contributed by atoms with Crippen LogP contribution >= 0.6 is 11.6 Å². The topological polar surface area (TPSA) is 12.0 Å². The van der Waals surface area contributed by atoms with Crippen LogP contribution < -0.4 is 5.32 Å². The Morgan fingerprint density at radius 1 is 1.05 bits per heavy atom. The largest absolute Gasteiger partial charge is 0.313 e. The van der Waals surface area contributed by atoms with E-state index in [4.69, 9.17) is 11.6 Å². The average molecular weight is 274 g/mol. The molecule has 19 heavy (non-hydrogen) atoms. The maximum Gasteiger partial charge on any atom is 0.0438 e. The van der Waals surface area contributed by atoms with E-state index in [1.807, 2.05) is 25.2 Å². The van der Waals surface area contributed by atoms with Crippen molar-refractivity contribution in [3.63, 3.8) is 0 Å². The predicted molar refractivity (Wildman–Crippen MR) is 82.9 cm³/mol. The summed E-state index contributed by atoms with van der Waals surface area (Å²) in [5.41, 5.74) is 5.15. The molecular weight excluding hydrogens is 254 g/mol. The van der Waals surface area contributed by atoms with Gasteiger partial charge < -0.3 is 5.32 Å². The molecule has 0 heterocycles. The van der Waals surface area contributed by atoms with Crippen molar-refractivity contribution in [3.05, 3.63) is 69.7 Å². The van der Waals surface area contributed by atoms with Crippen molar-refractivity contribution in [3.8, 4) is 0 Å². The molecule has 0 radical (unpaired) electrons. The van der Waals surface area contributed by atoms with E-state index in [1.165, 1.54) is 22.3 Å². The Labute approximate surface area is 120 Å². The van der Waals surface area contributed by atoms with Gasteiger partial charge in [0.2, 0.25) is 0 Å². The summed E-state index contributed by atoms with van der Waals surface area (Å²) < 4.78 is 0. The van der Waals surface area contributed by atoms with Gasteiger partial charge in [-0.3, -0.25) is 0 Å². The van der Waals surface area contributed by atoms with Gasteiger partial charge in [-0.25, -0.2) is 0 Å². The zero-order valence-corrected chi connectivity index (χ0v) is 12.5. The molecule has 2 aromatic carbocycles. The molecule has 1 unspecified atom stereocenters. The molecule has 1 atom stereocenters. The Hall–Kier alpha value is -1.31. The standard InChI is InChI=1S/C17H20ClN/c1-12-8-9-15(10-13(12)2)17(19-3)11-14-6-4-5-7-16(14)18/h4-10,17,19H,11H2,1-3H3. The average Bonchev–Trinajstić information content (AvgIpc) is 2.41. The van der Waals surface area contributed by atoms with Crippen molar-refractivity contribution < 1.29 is 0 Å². The number of aryl methyl sites for hydroxylation is 2. The molecule has 0 aliphatic rings. The van der Waals surface area contributed by atoms with E-state index in [0.717, 1.165) is 11.4 Å². The van der Waals surface area contributed by atoms with Crippen molar-refractivity contribution >= 4 is 11.6 Å². The lowest BCUT2D eigenvalue weighted by atomic mass is 9.96. The minimum Gasteiger partial charge on any atom is -0.313 e. The Kier molecular flexibility index (Phi) is 4.62. The molecule has 0 saturated carbocycles. The van der Waals surface area contributed by atoms with Crippen LogP contribution in [0.15, 0.2) is 42.5 Å². The second kappa shape index (κ2) is 6.23. The number of hydrogen-bond acceptors (Lipinski definition) is 1. The first kappa shape index (κ1) is 14.1. The number of likely N-dealkylation sites (N-methyl/N-ethyl adjacent to an activating group) is 1. The first-order valence-electron chi connectivity index (χ1n) is 6.59. The van der Waals surface area contributed by atoms with E-state index in [-0.39, 0.29) is 0 Å². The van der Waals surface area contributed by atoms with Gasteiger partial charge in [-0.2, -0.15) is 0 Å². The summed E-state index contributed by atoms with van der Waals surface area (Å²) in [6, 6.07) is 15.0. The fourth-order valence-corrected chi connectivity index (χ4v) is 2.46. The SMILES string of the molecule is CNC(Cc1ccccc1Cl)c1ccc(C)c(C)c1. The predicted octanol–water partition coefficient (Wildman–Crippen LogP) is 4.46. The maximum atomic E-state index is 6.24. The van der Waals surface area contributed by atoms with Gasteiger partial charge in [-0.15, -0.1) is 0 Å². The maximum absolute atomic E-state index is 6.24. The fourth-order valence-electron chi connectivity index (χ4n) is 2.25. The molecule has 0 spiro atoms. The summed E-state index contributed by atoms with van der Waals surface area (Å²) in [4.78, 5) is 0. The van der Waals surface area contributed by atoms with Crippen LogP contribution in [0.5, 0.6) is 0 Å². The smallest absolute Gasteiger partial charge is 0.0438 e. The molecule has 2 aromatic rings. The van der Waals surface area contributed by atoms with E-state index >= 15 is 0 Å². The lowest BCUT2D eigenvalue weighted by Gasteiger charge is -2.18. The van der Waals surface area contributed by atoms with Crippen LogP contribution in [0.2, 0.25) is 5.02 Å². The van der Waals surface area contributed by atoms with Crippen LogP contribution in [0, 0.1) is 13.8 Å². The molecule has 2 rings (SSSR count). The van der Waals surface area contributed by atoms with Gasteiger partial charge in [0.1, 0.15) is 0 Å². The highest BCUT2D eigenvalue weighted by atomic mass is 35.5. The highest BCUT2D eigenvalue weighted by Gasteiger charge is 2.12. The molecule has 0 aromatic heterocycles. The van der Waals surface area contributed by atoms with Gasteiger partial charge in [0.15, 0.2) is 0 Å². The van der Waals surface area contributed by atoms with Crippen LogP contribution in [0.4, 0.5) is 0 Å². The van der Waals surface area contributed by atoms with E-state index in [2.05, 4.69) is 43.4 Å². The second-order valence-corrected chi connectivity index (χ2v) is 5.39. The third kappa shape index (κ3) is 3.37. The summed E-state index contributed by atoms with van der Waals surface area (Å²) in [5, 5.41) is 4.22. The van der Waals surface area contributed by atoms with Crippen LogP contribution in [0.3, 0.4) is 0 Å². The quantitative estimate of drug-likeness (QED) is 0.867. The first-order chi connectivity index (χ1) is 9.11. The third-order valence-electron chi connectivity index (χ3n) is 3.66. The zero-order valence-electron chi connectivity index (χ0n) is 11.7. The summed E-state index contributed by atoms with van der Waals surface area (Å²) in [5.74, 6) is 0. The Morgan fingerprint density at radius 3 is 2.42 bits per heavy atom. The third-order valence-corrected chi connectivity index (χ3v) is 4.03. The van der Waals surface area contributed by atoms with E-state index in [0.29, 0.717) is 6.04 Å². The number of hydrogen-bond donors (Lipinski definition) is 1. The van der Waals surface area contributed by atoms with Crippen LogP contribution in [0.25, 0.3) is 0 Å². The van der Waals surface area contributed by atoms with Crippen molar-refractivity contribution in [1.82, 2.24) is 5.32 Å². The second-order valence-electron chi connectivity index (χ2n) is 4.98. The molecule has 2 heteroatoms. The molecular formula is C17H20ClN. The fraction of sp³-hybridized carbons (Fsp3) is 0.294. The molecule has 0 fully saturated rings. The van der Waals surface area contributed by atoms with Gasteiger partial charge in [0.25, 0.3) is 0 Å². The molecule has 0 saturated heterocycles. The highest BCUT2D eigenvalue weighted by Crippen LogP contribution is 2.24. The van der Waals surface area contributed by atoms with Crippen molar-refractivity contribution in [2.24, 2.45) is 0 Å². The number of halogens is 1. The molecule has 1 nitrogen and oxygen atoms in total. The summed E-state index contributed by atoms with van der Waals surface area (Å²) in [6.07, 6.45) is 0.901. The van der Waals surface area contributed by atoms with Gasteiger partial charge in [0, 0.05) is 11.1 Å². The summed E-state index contributed by atoms with van der Waals surface area (Å²) >= 11 is 6.24. The number of benzene rings is 2. The first-order valence-corrected chi connectivity index (χ1v) is 6.97. The van der Waals surface area contributed by atoms with Crippen LogP contribution in [0.1, 0.15) is 28.3 Å². The summed E-state index contributed by atoms with van der Waals surface area (Å²) in [7, 11) is 2.00. The minimum atomic E-state index is 0.291. The molecule has 0 amide bonds. The zero-order chi connectivity index (χ0) is 13.8. The van der Waals surface area contributed by atoms with Crippen LogP contribution in [-0.4, -0.2) is 7.05 Å². The Balaban J connectivity index is 2.25. The Bertz CT molecular complexity index is 563. The van der Waals surface area contributed by atoms with Gasteiger partial charge in [-0.05, 0) is 55.6 Å². The molecule has 100 valence electrons. The normalized spacial score (nSPS) is 12.4. The molecule has 1 N–H and O–H groups in total. The van der Waals surface area contributed by atoms with Crippen molar-refractivity contribution in [2.75, 3.05) is 7.05 Å². The van der Waals surface area contributed by atoms with Gasteiger partial charge in [0.05, 0.1) is 0 Å². The Morgan fingerprint density at radius 2 is 1.79 bits per heavy atom. The van der Waals surface area contributed by atoms with Crippen molar-refractivity contribution in [1.29, 1.82) is 0 Å². The lowest BCUT2D eigenvalue weighted by Crippen LogP contribution is -2.19. The van der Waals surface area contributed by atoms with Crippen molar-refractivity contribution in [2.45, 2.75) is 26.3 Å². The van der Waals surface area contributed by atoms with E-state index in [9.17, 15) is 0 Å². The highest BCUT2D eigenvalue weighted by molar-refractivity contribution is 6.31. The number of nitrogens with one attached hydrogen (secondary N) is 1. The molecule has 0 aliphatic carbocycles. The minimum absolute atomic E-state index is 0.291. The monoisotopic (exact) mass is 273 g/mol. The van der Waals surface area contributed by atoms with E-state index < -0.39 is 0 Å². The van der Waals surface area contributed by atoms with E-state index in [1.54, 1.807) is 0 Å². The van der Waals surface area contributed by atoms with Gasteiger partial charge in [-0.1, -0.05) is 48.0 Å². The summed E-state index contributed by atoms with van der Waals surface area (Å²) in [6.45, 7) is 4.29. The number of rotatable bonds is 4.